The maximum Gasteiger partial charge on any atom is 0.334 e. The summed E-state index contributed by atoms with van der Waals surface area (Å²) in [5.41, 5.74) is 8.64. The van der Waals surface area contributed by atoms with E-state index in [4.69, 9.17) is 10.5 Å². The van der Waals surface area contributed by atoms with Crippen molar-refractivity contribution in [3.8, 4) is 5.88 Å². The van der Waals surface area contributed by atoms with Crippen molar-refractivity contribution in [2.75, 3.05) is 32.7 Å². The monoisotopic (exact) mass is 278 g/mol. The van der Waals surface area contributed by atoms with E-state index in [2.05, 4.69) is 20.7 Å². The molecule has 0 amide bonds. The van der Waals surface area contributed by atoms with Gasteiger partial charge in [-0.05, 0) is 6.07 Å². The number of carbonyl (C=O) groups is 1. The Morgan fingerprint density at radius 2 is 2.30 bits per heavy atom. The molecule has 1 aromatic rings. The number of aromatic nitrogens is 1. The van der Waals surface area contributed by atoms with Crippen molar-refractivity contribution < 1.29 is 9.53 Å². The Hall–Kier alpha value is -2.19. The van der Waals surface area contributed by atoms with Crippen LogP contribution in [-0.2, 0) is 4.79 Å². The molecule has 1 fully saturated rings. The summed E-state index contributed by atoms with van der Waals surface area (Å²) in [5.74, 6) is -0.0556. The van der Waals surface area contributed by atoms with Crippen molar-refractivity contribution in [3.05, 3.63) is 24.4 Å². The Bertz CT molecular complexity index is 458. The molecule has 20 heavy (non-hydrogen) atoms. The summed E-state index contributed by atoms with van der Waals surface area (Å²) in [6.07, 6.45) is 1.55. The molecule has 0 spiro atoms. The number of esters is 1. The molecule has 1 aliphatic heterocycles. The highest BCUT2D eigenvalue weighted by Gasteiger charge is 2.10. The smallest absolute Gasteiger partial charge is 0.334 e. The largest absolute Gasteiger partial charge is 0.406 e. The van der Waals surface area contributed by atoms with Crippen LogP contribution in [0, 0.1) is 0 Å². The SMILES string of the molecule is NC(=NCC(=O)Oc1ccccn1)NN1CCNCC1. The standard InChI is InChI=1S/C12H18N6O2/c13-12(17-18-7-5-14-6-8-18)16-9-11(19)20-10-3-1-2-4-15-10/h1-4,14H,5-9H2,(H3,13,16,17). The first-order valence-corrected chi connectivity index (χ1v) is 6.38. The summed E-state index contributed by atoms with van der Waals surface area (Å²) in [4.78, 5) is 19.4. The minimum absolute atomic E-state index is 0.151. The third-order valence-electron chi connectivity index (χ3n) is 2.62. The van der Waals surface area contributed by atoms with Gasteiger partial charge in [0.15, 0.2) is 0 Å². The number of ether oxygens (including phenoxy) is 1. The number of nitrogens with zero attached hydrogens (tertiary/aromatic N) is 3. The normalized spacial score (nSPS) is 16.7. The molecule has 108 valence electrons. The van der Waals surface area contributed by atoms with Crippen molar-refractivity contribution >= 4 is 11.9 Å². The first-order chi connectivity index (χ1) is 9.74. The lowest BCUT2D eigenvalue weighted by atomic mass is 10.4. The second kappa shape index (κ2) is 7.41. The summed E-state index contributed by atoms with van der Waals surface area (Å²) >= 11 is 0. The maximum absolute atomic E-state index is 11.5. The van der Waals surface area contributed by atoms with Crippen LogP contribution in [0.4, 0.5) is 0 Å². The fraction of sp³-hybridized carbons (Fsp3) is 0.417. The molecule has 2 rings (SSSR count). The Morgan fingerprint density at radius 3 is 3.00 bits per heavy atom. The molecular weight excluding hydrogens is 260 g/mol. The highest BCUT2D eigenvalue weighted by molar-refractivity contribution is 5.81. The number of nitrogens with two attached hydrogens (primary N) is 1. The molecule has 1 aliphatic rings. The van der Waals surface area contributed by atoms with Gasteiger partial charge in [0.25, 0.3) is 0 Å². The molecule has 8 nitrogen and oxygen atoms in total. The van der Waals surface area contributed by atoms with E-state index in [-0.39, 0.29) is 18.4 Å². The van der Waals surface area contributed by atoms with Crippen LogP contribution in [0.5, 0.6) is 5.88 Å². The van der Waals surface area contributed by atoms with E-state index in [0.717, 1.165) is 26.2 Å². The number of hydrogen-bond donors (Lipinski definition) is 3. The number of nitrogens with one attached hydrogen (secondary N) is 2. The van der Waals surface area contributed by atoms with Gasteiger partial charge in [-0.15, -0.1) is 0 Å². The number of pyridine rings is 1. The summed E-state index contributed by atoms with van der Waals surface area (Å²) in [5, 5.41) is 5.17. The molecule has 0 aromatic carbocycles. The maximum atomic E-state index is 11.5. The molecule has 1 aromatic heterocycles. The van der Waals surface area contributed by atoms with E-state index < -0.39 is 5.97 Å². The van der Waals surface area contributed by atoms with E-state index >= 15 is 0 Å². The average molecular weight is 278 g/mol. The van der Waals surface area contributed by atoms with Gasteiger partial charge in [-0.3, -0.25) is 5.43 Å². The van der Waals surface area contributed by atoms with Crippen LogP contribution in [-0.4, -0.2) is 54.6 Å². The topological polar surface area (TPSA) is 105 Å². The van der Waals surface area contributed by atoms with Crippen molar-refractivity contribution in [2.24, 2.45) is 10.7 Å². The molecule has 0 bridgehead atoms. The molecular formula is C12H18N6O2. The third kappa shape index (κ3) is 4.82. The van der Waals surface area contributed by atoms with E-state index in [1.807, 2.05) is 5.01 Å². The molecule has 0 aliphatic carbocycles. The molecule has 0 unspecified atom stereocenters. The van der Waals surface area contributed by atoms with Gasteiger partial charge in [0.2, 0.25) is 11.8 Å². The molecule has 1 saturated heterocycles. The summed E-state index contributed by atoms with van der Waals surface area (Å²) in [7, 11) is 0. The number of hydrogen-bond acceptors (Lipinski definition) is 6. The number of rotatable bonds is 4. The van der Waals surface area contributed by atoms with Crippen molar-refractivity contribution in [1.29, 1.82) is 0 Å². The summed E-state index contributed by atoms with van der Waals surface area (Å²) < 4.78 is 4.99. The number of aliphatic imine (C=N–C) groups is 1. The Labute approximate surface area is 117 Å². The third-order valence-corrected chi connectivity index (χ3v) is 2.62. The lowest BCUT2D eigenvalue weighted by molar-refractivity contribution is -0.133. The minimum Gasteiger partial charge on any atom is -0.406 e. The highest BCUT2D eigenvalue weighted by Crippen LogP contribution is 2.03. The van der Waals surface area contributed by atoms with Crippen LogP contribution in [0.15, 0.2) is 29.4 Å². The quantitative estimate of drug-likeness (QED) is 0.357. The molecule has 0 radical (unpaired) electrons. The first-order valence-electron chi connectivity index (χ1n) is 6.38. The second-order valence-electron chi connectivity index (χ2n) is 4.19. The lowest BCUT2D eigenvalue weighted by Gasteiger charge is -2.27. The van der Waals surface area contributed by atoms with Gasteiger partial charge in [0.1, 0.15) is 6.54 Å². The van der Waals surface area contributed by atoms with Gasteiger partial charge in [-0.1, -0.05) is 6.07 Å². The molecule has 0 saturated carbocycles. The van der Waals surface area contributed by atoms with E-state index in [0.29, 0.717) is 0 Å². The van der Waals surface area contributed by atoms with Crippen LogP contribution in [0.25, 0.3) is 0 Å². The highest BCUT2D eigenvalue weighted by atomic mass is 16.5. The van der Waals surface area contributed by atoms with Crippen LogP contribution >= 0.6 is 0 Å². The Kier molecular flexibility index (Phi) is 5.27. The van der Waals surface area contributed by atoms with Gasteiger partial charge < -0.3 is 15.8 Å². The van der Waals surface area contributed by atoms with Gasteiger partial charge in [0.05, 0.1) is 0 Å². The van der Waals surface area contributed by atoms with Crippen LogP contribution in [0.3, 0.4) is 0 Å². The van der Waals surface area contributed by atoms with E-state index in [1.165, 1.54) is 0 Å². The van der Waals surface area contributed by atoms with E-state index in [9.17, 15) is 4.79 Å². The number of hydrazine groups is 1. The van der Waals surface area contributed by atoms with Crippen LogP contribution in [0.2, 0.25) is 0 Å². The van der Waals surface area contributed by atoms with Crippen molar-refractivity contribution in [3.63, 3.8) is 0 Å². The van der Waals surface area contributed by atoms with Gasteiger partial charge in [-0.25, -0.2) is 19.8 Å². The second-order valence-corrected chi connectivity index (χ2v) is 4.19. The number of guanidine groups is 1. The minimum atomic E-state index is -0.506. The van der Waals surface area contributed by atoms with Crippen LogP contribution in [0.1, 0.15) is 0 Å². The first kappa shape index (κ1) is 14.2. The van der Waals surface area contributed by atoms with Gasteiger partial charge in [-0.2, -0.15) is 0 Å². The van der Waals surface area contributed by atoms with Crippen LogP contribution < -0.4 is 21.2 Å². The zero-order chi connectivity index (χ0) is 14.2. The van der Waals surface area contributed by atoms with Crippen molar-refractivity contribution in [2.45, 2.75) is 0 Å². The number of piperazine rings is 1. The van der Waals surface area contributed by atoms with Gasteiger partial charge in [0, 0.05) is 38.4 Å². The predicted octanol–water partition coefficient (Wildman–Crippen LogP) is -1.29. The van der Waals surface area contributed by atoms with Crippen molar-refractivity contribution in [1.82, 2.24) is 20.7 Å². The lowest BCUT2D eigenvalue weighted by Crippen LogP contribution is -2.54. The van der Waals surface area contributed by atoms with E-state index in [1.54, 1.807) is 24.4 Å². The summed E-state index contributed by atoms with van der Waals surface area (Å²) in [6, 6.07) is 5.08. The molecule has 0 atom stereocenters. The fourth-order valence-electron chi connectivity index (χ4n) is 1.68. The zero-order valence-corrected chi connectivity index (χ0v) is 11.1. The number of carbonyl (C=O) groups excluding carboxylic acids is 1. The Balaban J connectivity index is 1.74. The van der Waals surface area contributed by atoms with Gasteiger partial charge >= 0.3 is 5.97 Å². The fourth-order valence-corrected chi connectivity index (χ4v) is 1.68. The zero-order valence-electron chi connectivity index (χ0n) is 11.1. The average Bonchev–Trinajstić information content (AvgIpc) is 2.47. The molecule has 4 N–H and O–H groups in total. The predicted molar refractivity (Wildman–Crippen MR) is 73.9 cm³/mol. The summed E-state index contributed by atoms with van der Waals surface area (Å²) in [6.45, 7) is 3.29. The molecule has 8 heteroatoms. The Morgan fingerprint density at radius 1 is 1.50 bits per heavy atom. The molecule has 2 heterocycles.